The first-order valence-electron chi connectivity index (χ1n) is 7.87. The van der Waals surface area contributed by atoms with Crippen molar-refractivity contribution in [1.82, 2.24) is 5.32 Å². The monoisotopic (exact) mass is 275 g/mol. The Hall–Kier alpha value is -1.22. The van der Waals surface area contributed by atoms with Crippen LogP contribution in [0.2, 0.25) is 0 Å². The van der Waals surface area contributed by atoms with Gasteiger partial charge in [-0.15, -0.1) is 0 Å². The van der Waals surface area contributed by atoms with Crippen LogP contribution >= 0.6 is 0 Å². The fourth-order valence-corrected chi connectivity index (χ4v) is 3.45. The highest BCUT2D eigenvalue weighted by Gasteiger charge is 2.64. The molecule has 1 spiro atoms. The number of benzene rings is 1. The van der Waals surface area contributed by atoms with Gasteiger partial charge < -0.3 is 14.8 Å². The summed E-state index contributed by atoms with van der Waals surface area (Å²) in [5.74, 6) is 2.68. The quantitative estimate of drug-likeness (QED) is 0.914. The van der Waals surface area contributed by atoms with Gasteiger partial charge in [0, 0.05) is 6.04 Å². The third kappa shape index (κ3) is 2.39. The summed E-state index contributed by atoms with van der Waals surface area (Å²) in [6.07, 6.45) is 5.44. The van der Waals surface area contributed by atoms with Crippen molar-refractivity contribution < 1.29 is 9.47 Å². The van der Waals surface area contributed by atoms with Gasteiger partial charge >= 0.3 is 0 Å². The van der Waals surface area contributed by atoms with Crippen molar-refractivity contribution in [2.24, 2.45) is 11.3 Å². The van der Waals surface area contributed by atoms with Gasteiger partial charge in [-0.1, -0.05) is 19.9 Å². The smallest absolute Gasteiger partial charge is 0.231 e. The molecule has 3 heteroatoms. The van der Waals surface area contributed by atoms with Crippen LogP contribution in [-0.2, 0) is 6.42 Å². The molecule has 2 fully saturated rings. The molecule has 1 aliphatic heterocycles. The van der Waals surface area contributed by atoms with Crippen LogP contribution in [0, 0.1) is 11.3 Å². The molecule has 2 aliphatic carbocycles. The summed E-state index contributed by atoms with van der Waals surface area (Å²) >= 11 is 0. The lowest BCUT2D eigenvalue weighted by Gasteiger charge is -2.16. The number of ether oxygens (including phenoxy) is 2. The zero-order chi connectivity index (χ0) is 14.2. The van der Waals surface area contributed by atoms with Crippen molar-refractivity contribution in [2.45, 2.75) is 45.6 Å². The van der Waals surface area contributed by atoms with E-state index in [4.69, 9.17) is 9.47 Å². The SMILES string of the molecule is CC.CNC(Cc1ccc2c(c1)OCO2)C1CC12CC2. The van der Waals surface area contributed by atoms with E-state index in [9.17, 15) is 0 Å². The Balaban J connectivity index is 0.000000581. The van der Waals surface area contributed by atoms with Gasteiger partial charge in [0.05, 0.1) is 0 Å². The number of hydrogen-bond donors (Lipinski definition) is 1. The van der Waals surface area contributed by atoms with Gasteiger partial charge in [0.25, 0.3) is 0 Å². The van der Waals surface area contributed by atoms with Gasteiger partial charge in [-0.05, 0) is 61.8 Å². The predicted molar refractivity (Wildman–Crippen MR) is 80.2 cm³/mol. The van der Waals surface area contributed by atoms with Gasteiger partial charge in [0.1, 0.15) is 0 Å². The first-order valence-corrected chi connectivity index (χ1v) is 7.87. The van der Waals surface area contributed by atoms with Gasteiger partial charge in [0.15, 0.2) is 11.5 Å². The Bertz CT molecular complexity index is 482. The summed E-state index contributed by atoms with van der Waals surface area (Å²) in [6.45, 7) is 4.36. The molecule has 20 heavy (non-hydrogen) atoms. The molecule has 0 aromatic heterocycles. The van der Waals surface area contributed by atoms with Crippen LogP contribution in [0.1, 0.15) is 38.7 Å². The van der Waals surface area contributed by atoms with Crippen molar-refractivity contribution in [3.63, 3.8) is 0 Å². The first-order chi connectivity index (χ1) is 9.81. The highest BCUT2D eigenvalue weighted by molar-refractivity contribution is 5.44. The molecule has 0 amide bonds. The summed E-state index contributed by atoms with van der Waals surface area (Å²) in [5, 5.41) is 3.50. The normalized spacial score (nSPS) is 24.9. The largest absolute Gasteiger partial charge is 0.454 e. The zero-order valence-corrected chi connectivity index (χ0v) is 12.7. The average Bonchev–Trinajstić information content (AvgIpc) is 3.38. The van der Waals surface area contributed by atoms with Crippen LogP contribution in [0.3, 0.4) is 0 Å². The number of likely N-dealkylation sites (N-methyl/N-ethyl adjacent to an activating group) is 1. The topological polar surface area (TPSA) is 30.5 Å². The number of fused-ring (bicyclic) bond motifs is 1. The zero-order valence-electron chi connectivity index (χ0n) is 12.7. The summed E-state index contributed by atoms with van der Waals surface area (Å²) < 4.78 is 10.8. The Morgan fingerprint density at radius 2 is 2.00 bits per heavy atom. The molecule has 2 atom stereocenters. The second-order valence-corrected chi connectivity index (χ2v) is 5.96. The van der Waals surface area contributed by atoms with Gasteiger partial charge in [-0.2, -0.15) is 0 Å². The van der Waals surface area contributed by atoms with Crippen molar-refractivity contribution in [3.05, 3.63) is 23.8 Å². The van der Waals surface area contributed by atoms with Gasteiger partial charge in [-0.3, -0.25) is 0 Å². The summed E-state index contributed by atoms with van der Waals surface area (Å²) in [4.78, 5) is 0. The first kappa shape index (κ1) is 13.7. The van der Waals surface area contributed by atoms with Crippen LogP contribution in [0.25, 0.3) is 0 Å². The Kier molecular flexibility index (Phi) is 3.63. The second kappa shape index (κ2) is 5.28. The highest BCUT2D eigenvalue weighted by atomic mass is 16.7. The van der Waals surface area contributed by atoms with Gasteiger partial charge in [0.2, 0.25) is 6.79 Å². The van der Waals surface area contributed by atoms with Crippen molar-refractivity contribution in [1.29, 1.82) is 0 Å². The van der Waals surface area contributed by atoms with Crippen LogP contribution in [0.15, 0.2) is 18.2 Å². The molecule has 0 bridgehead atoms. The maximum absolute atomic E-state index is 5.44. The number of rotatable bonds is 4. The third-order valence-electron chi connectivity index (χ3n) is 4.89. The maximum Gasteiger partial charge on any atom is 0.231 e. The lowest BCUT2D eigenvalue weighted by molar-refractivity contribution is 0.174. The van der Waals surface area contributed by atoms with E-state index in [1.54, 1.807) is 0 Å². The van der Waals surface area contributed by atoms with Crippen LogP contribution in [0.4, 0.5) is 0 Å². The average molecular weight is 275 g/mol. The maximum atomic E-state index is 5.44. The predicted octanol–water partition coefficient (Wildman–Crippen LogP) is 3.37. The molecular formula is C17H25NO2. The molecule has 2 unspecified atom stereocenters. The molecule has 110 valence electrons. The van der Waals surface area contributed by atoms with Crippen LogP contribution in [-0.4, -0.2) is 19.9 Å². The number of hydrogen-bond acceptors (Lipinski definition) is 3. The third-order valence-corrected chi connectivity index (χ3v) is 4.89. The van der Waals surface area contributed by atoms with Crippen LogP contribution in [0.5, 0.6) is 11.5 Å². The van der Waals surface area contributed by atoms with E-state index in [1.807, 2.05) is 19.9 Å². The van der Waals surface area contributed by atoms with E-state index in [0.29, 0.717) is 12.8 Å². The van der Waals surface area contributed by atoms with Crippen molar-refractivity contribution >= 4 is 0 Å². The molecule has 0 saturated heterocycles. The molecule has 3 aliphatic rings. The summed E-state index contributed by atoms with van der Waals surface area (Å²) in [5.41, 5.74) is 2.10. The Morgan fingerprint density at radius 3 is 2.65 bits per heavy atom. The molecule has 1 heterocycles. The molecule has 3 nitrogen and oxygen atoms in total. The highest BCUT2D eigenvalue weighted by Crippen LogP contribution is 2.71. The van der Waals surface area contributed by atoms with E-state index in [1.165, 1.54) is 24.8 Å². The fourth-order valence-electron chi connectivity index (χ4n) is 3.45. The minimum absolute atomic E-state index is 0.361. The Labute approximate surface area is 121 Å². The summed E-state index contributed by atoms with van der Waals surface area (Å²) in [7, 11) is 2.09. The molecular weight excluding hydrogens is 250 g/mol. The standard InChI is InChI=1S/C15H19NO2.C2H6/c1-16-12(11-8-15(11)4-5-15)6-10-2-3-13-14(7-10)18-9-17-13;1-2/h2-3,7,11-12,16H,4-6,8-9H2,1H3;1-2H3. The van der Waals surface area contributed by atoms with Crippen molar-refractivity contribution in [3.8, 4) is 11.5 Å². The second-order valence-electron chi connectivity index (χ2n) is 5.96. The minimum atomic E-state index is 0.361. The van der Waals surface area contributed by atoms with Crippen LogP contribution < -0.4 is 14.8 Å². The molecule has 0 radical (unpaired) electrons. The molecule has 1 N–H and O–H groups in total. The lowest BCUT2D eigenvalue weighted by atomic mass is 10.00. The fraction of sp³-hybridized carbons (Fsp3) is 0.647. The lowest BCUT2D eigenvalue weighted by Crippen LogP contribution is -2.30. The van der Waals surface area contributed by atoms with E-state index in [0.717, 1.165) is 29.3 Å². The van der Waals surface area contributed by atoms with E-state index in [2.05, 4.69) is 24.5 Å². The van der Waals surface area contributed by atoms with E-state index < -0.39 is 0 Å². The van der Waals surface area contributed by atoms with Crippen molar-refractivity contribution in [2.75, 3.05) is 13.8 Å². The molecule has 4 rings (SSSR count). The molecule has 2 saturated carbocycles. The van der Waals surface area contributed by atoms with E-state index >= 15 is 0 Å². The molecule has 1 aromatic carbocycles. The minimum Gasteiger partial charge on any atom is -0.454 e. The molecule has 1 aromatic rings. The number of nitrogens with one attached hydrogen (secondary N) is 1. The Morgan fingerprint density at radius 1 is 1.25 bits per heavy atom. The summed E-state index contributed by atoms with van der Waals surface area (Å²) in [6, 6.07) is 6.95. The van der Waals surface area contributed by atoms with Gasteiger partial charge in [-0.25, -0.2) is 0 Å². The van der Waals surface area contributed by atoms with E-state index in [-0.39, 0.29) is 0 Å².